The highest BCUT2D eigenvalue weighted by molar-refractivity contribution is 5.90. The average molecular weight is 329 g/mol. The molecule has 4 aromatic rings. The van der Waals surface area contributed by atoms with Crippen molar-refractivity contribution < 1.29 is 0 Å². The number of nitrogens with zero attached hydrogens (tertiary/aromatic N) is 4. The van der Waals surface area contributed by atoms with Crippen molar-refractivity contribution in [3.05, 3.63) is 73.1 Å². The third-order valence-corrected chi connectivity index (χ3v) is 4.12. The van der Waals surface area contributed by atoms with Crippen molar-refractivity contribution in [1.29, 1.82) is 0 Å². The normalized spacial score (nSPS) is 10.9. The molecule has 0 radical (unpaired) electrons. The van der Waals surface area contributed by atoms with E-state index in [1.807, 2.05) is 53.5 Å². The molecule has 1 N–H and O–H groups in total. The van der Waals surface area contributed by atoms with E-state index in [0.29, 0.717) is 0 Å². The van der Waals surface area contributed by atoms with Gasteiger partial charge in [0.1, 0.15) is 5.69 Å². The molecule has 0 aliphatic carbocycles. The molecule has 0 aliphatic heterocycles. The third-order valence-electron chi connectivity index (χ3n) is 4.12. The van der Waals surface area contributed by atoms with Gasteiger partial charge in [-0.05, 0) is 18.6 Å². The molecule has 0 saturated carbocycles. The Morgan fingerprint density at radius 2 is 1.80 bits per heavy atom. The molecular formula is C20H19N5. The summed E-state index contributed by atoms with van der Waals surface area (Å²) in [5.74, 6) is 0. The predicted molar refractivity (Wildman–Crippen MR) is 100 cm³/mol. The Balaban J connectivity index is 1.35. The first kappa shape index (κ1) is 15.3. The summed E-state index contributed by atoms with van der Waals surface area (Å²) in [6.07, 6.45) is 4.78. The molecular weight excluding hydrogens is 310 g/mol. The van der Waals surface area contributed by atoms with Gasteiger partial charge in [0, 0.05) is 30.2 Å². The van der Waals surface area contributed by atoms with Gasteiger partial charge >= 0.3 is 0 Å². The van der Waals surface area contributed by atoms with E-state index in [4.69, 9.17) is 0 Å². The fraction of sp³-hybridized carbons (Fsp3) is 0.150. The van der Waals surface area contributed by atoms with Crippen LogP contribution in [0.2, 0.25) is 0 Å². The van der Waals surface area contributed by atoms with E-state index in [2.05, 4.69) is 44.9 Å². The number of hydrogen-bond acceptors (Lipinski definition) is 4. The summed E-state index contributed by atoms with van der Waals surface area (Å²) in [5.41, 5.74) is 4.08. The maximum absolute atomic E-state index is 4.46. The highest BCUT2D eigenvalue weighted by Gasteiger charge is 2.04. The standard InChI is InChI=1S/C20H19N5/c1-2-7-16(8-3-1)19-15-25(24-23-19)14-6-13-21-18-11-4-9-17-10-5-12-22-20(17)18/h1-5,7-12,15,21H,6,13-14H2. The number of benzene rings is 2. The SMILES string of the molecule is c1ccc(-c2cn(CCCNc3cccc4cccnc34)nn2)cc1. The van der Waals surface area contributed by atoms with Crippen LogP contribution in [0, 0.1) is 0 Å². The Hall–Kier alpha value is -3.21. The van der Waals surface area contributed by atoms with Crippen molar-refractivity contribution in [1.82, 2.24) is 20.0 Å². The van der Waals surface area contributed by atoms with Crippen molar-refractivity contribution in [2.24, 2.45) is 0 Å². The number of para-hydroxylation sites is 1. The maximum atomic E-state index is 4.46. The summed E-state index contributed by atoms with van der Waals surface area (Å²) in [6, 6.07) is 20.3. The summed E-state index contributed by atoms with van der Waals surface area (Å²) in [4.78, 5) is 4.46. The number of aromatic nitrogens is 4. The number of aryl methyl sites for hydroxylation is 1. The highest BCUT2D eigenvalue weighted by atomic mass is 15.4. The molecule has 4 rings (SSSR count). The minimum absolute atomic E-state index is 0.824. The first-order chi connectivity index (χ1) is 12.4. The third kappa shape index (κ3) is 3.50. The van der Waals surface area contributed by atoms with E-state index in [-0.39, 0.29) is 0 Å². The van der Waals surface area contributed by atoms with Crippen LogP contribution in [0.15, 0.2) is 73.1 Å². The van der Waals surface area contributed by atoms with E-state index in [9.17, 15) is 0 Å². The molecule has 0 atom stereocenters. The Bertz CT molecular complexity index is 957. The molecule has 5 heteroatoms. The van der Waals surface area contributed by atoms with Crippen LogP contribution in [0.25, 0.3) is 22.2 Å². The molecule has 2 aromatic heterocycles. The van der Waals surface area contributed by atoms with Gasteiger partial charge in [-0.1, -0.05) is 53.7 Å². The van der Waals surface area contributed by atoms with E-state index in [0.717, 1.165) is 47.4 Å². The lowest BCUT2D eigenvalue weighted by molar-refractivity contribution is 0.570. The van der Waals surface area contributed by atoms with Crippen molar-refractivity contribution in [3.8, 4) is 11.3 Å². The zero-order valence-electron chi connectivity index (χ0n) is 13.8. The number of hydrogen-bond donors (Lipinski definition) is 1. The van der Waals surface area contributed by atoms with Crippen molar-refractivity contribution in [2.75, 3.05) is 11.9 Å². The lowest BCUT2D eigenvalue weighted by atomic mass is 10.2. The van der Waals surface area contributed by atoms with Crippen LogP contribution < -0.4 is 5.32 Å². The topological polar surface area (TPSA) is 55.6 Å². The molecule has 0 saturated heterocycles. The first-order valence-corrected chi connectivity index (χ1v) is 8.43. The minimum Gasteiger partial charge on any atom is -0.383 e. The van der Waals surface area contributed by atoms with Crippen LogP contribution in [0.3, 0.4) is 0 Å². The molecule has 2 heterocycles. The maximum Gasteiger partial charge on any atom is 0.113 e. The van der Waals surface area contributed by atoms with Gasteiger partial charge in [0.15, 0.2) is 0 Å². The van der Waals surface area contributed by atoms with Gasteiger partial charge in [0.25, 0.3) is 0 Å². The van der Waals surface area contributed by atoms with Gasteiger partial charge in [-0.2, -0.15) is 0 Å². The van der Waals surface area contributed by atoms with Crippen LogP contribution in [0.4, 0.5) is 5.69 Å². The highest BCUT2D eigenvalue weighted by Crippen LogP contribution is 2.20. The van der Waals surface area contributed by atoms with Crippen LogP contribution in [-0.2, 0) is 6.54 Å². The monoisotopic (exact) mass is 329 g/mol. The molecule has 124 valence electrons. The van der Waals surface area contributed by atoms with Crippen molar-refractivity contribution in [2.45, 2.75) is 13.0 Å². The predicted octanol–water partition coefficient (Wildman–Crippen LogP) is 4.00. The van der Waals surface area contributed by atoms with Gasteiger partial charge in [-0.15, -0.1) is 5.10 Å². The Labute approximate surface area is 146 Å². The van der Waals surface area contributed by atoms with Crippen LogP contribution in [0.1, 0.15) is 6.42 Å². The quantitative estimate of drug-likeness (QED) is 0.543. The van der Waals surface area contributed by atoms with Crippen LogP contribution in [-0.4, -0.2) is 26.5 Å². The number of anilines is 1. The lowest BCUT2D eigenvalue weighted by Gasteiger charge is -2.08. The lowest BCUT2D eigenvalue weighted by Crippen LogP contribution is -2.07. The average Bonchev–Trinajstić information content (AvgIpc) is 3.15. The fourth-order valence-electron chi connectivity index (χ4n) is 2.86. The summed E-state index contributed by atoms with van der Waals surface area (Å²) in [7, 11) is 0. The van der Waals surface area contributed by atoms with Gasteiger partial charge in [0.05, 0.1) is 17.4 Å². The molecule has 2 aromatic carbocycles. The second kappa shape index (κ2) is 7.13. The molecule has 0 amide bonds. The van der Waals surface area contributed by atoms with Crippen molar-refractivity contribution in [3.63, 3.8) is 0 Å². The summed E-state index contributed by atoms with van der Waals surface area (Å²) >= 11 is 0. The molecule has 0 aliphatic rings. The van der Waals surface area contributed by atoms with Crippen molar-refractivity contribution >= 4 is 16.6 Å². The Morgan fingerprint density at radius 1 is 0.920 bits per heavy atom. The van der Waals surface area contributed by atoms with Crippen LogP contribution >= 0.6 is 0 Å². The molecule has 0 fully saturated rings. The van der Waals surface area contributed by atoms with E-state index >= 15 is 0 Å². The Kier molecular flexibility index (Phi) is 4.37. The molecule has 25 heavy (non-hydrogen) atoms. The van der Waals surface area contributed by atoms with Gasteiger partial charge in [0.2, 0.25) is 0 Å². The fourth-order valence-corrected chi connectivity index (χ4v) is 2.86. The zero-order chi connectivity index (χ0) is 16.9. The molecule has 0 bridgehead atoms. The largest absolute Gasteiger partial charge is 0.383 e. The second-order valence-electron chi connectivity index (χ2n) is 5.89. The Morgan fingerprint density at radius 3 is 2.72 bits per heavy atom. The van der Waals surface area contributed by atoms with E-state index in [1.165, 1.54) is 0 Å². The van der Waals surface area contributed by atoms with Gasteiger partial charge in [-0.3, -0.25) is 9.67 Å². The zero-order valence-corrected chi connectivity index (χ0v) is 13.8. The number of nitrogens with one attached hydrogen (secondary N) is 1. The van der Waals surface area contributed by atoms with E-state index < -0.39 is 0 Å². The summed E-state index contributed by atoms with van der Waals surface area (Å²) in [6.45, 7) is 1.68. The first-order valence-electron chi connectivity index (χ1n) is 8.43. The minimum atomic E-state index is 0.824. The van der Waals surface area contributed by atoms with Gasteiger partial charge in [-0.25, -0.2) is 0 Å². The summed E-state index contributed by atoms with van der Waals surface area (Å²) < 4.78 is 1.89. The van der Waals surface area contributed by atoms with Gasteiger partial charge < -0.3 is 5.32 Å². The van der Waals surface area contributed by atoms with E-state index in [1.54, 1.807) is 0 Å². The molecule has 0 unspecified atom stereocenters. The molecule has 0 spiro atoms. The number of pyridine rings is 1. The number of rotatable bonds is 6. The summed E-state index contributed by atoms with van der Waals surface area (Å²) in [5, 5.41) is 13.1. The van der Waals surface area contributed by atoms with Crippen LogP contribution in [0.5, 0.6) is 0 Å². The number of fused-ring (bicyclic) bond motifs is 1. The second-order valence-corrected chi connectivity index (χ2v) is 5.89. The smallest absolute Gasteiger partial charge is 0.113 e. The molecule has 5 nitrogen and oxygen atoms in total.